The van der Waals surface area contributed by atoms with Crippen molar-refractivity contribution in [3.63, 3.8) is 0 Å². The lowest BCUT2D eigenvalue weighted by molar-refractivity contribution is 0.00578. The van der Waals surface area contributed by atoms with Crippen LogP contribution in [0.5, 0.6) is 0 Å². The van der Waals surface area contributed by atoms with Crippen molar-refractivity contribution in [2.75, 3.05) is 18.0 Å². The zero-order valence-electron chi connectivity index (χ0n) is 13.3. The second-order valence-electron chi connectivity index (χ2n) is 6.90. The predicted molar refractivity (Wildman–Crippen MR) is 82.9 cm³/mol. The Balaban J connectivity index is 1.86. The fourth-order valence-corrected chi connectivity index (χ4v) is 2.54. The molecule has 0 amide bonds. The van der Waals surface area contributed by atoms with Crippen LogP contribution in [0.15, 0.2) is 12.3 Å². The number of nitrogens with zero attached hydrogens (tertiary/aromatic N) is 3. The van der Waals surface area contributed by atoms with Crippen molar-refractivity contribution in [3.8, 4) is 6.07 Å². The first-order chi connectivity index (χ1) is 10.2. The largest absolute Gasteiger partial charge is 0.496 e. The van der Waals surface area contributed by atoms with Crippen LogP contribution < -0.4 is 10.4 Å². The Morgan fingerprint density at radius 1 is 1.32 bits per heavy atom. The molecule has 0 radical (unpaired) electrons. The van der Waals surface area contributed by atoms with Gasteiger partial charge in [-0.1, -0.05) is 0 Å². The van der Waals surface area contributed by atoms with Gasteiger partial charge in [0.25, 0.3) is 0 Å². The maximum atomic E-state index is 9.39. The van der Waals surface area contributed by atoms with Crippen LogP contribution in [0.3, 0.4) is 0 Å². The van der Waals surface area contributed by atoms with Gasteiger partial charge in [-0.2, -0.15) is 5.26 Å². The molecule has 2 aliphatic rings. The fourth-order valence-electron chi connectivity index (χ4n) is 2.54. The van der Waals surface area contributed by atoms with Crippen LogP contribution >= 0.6 is 0 Å². The molecule has 0 bridgehead atoms. The molecule has 1 N–H and O–H groups in total. The van der Waals surface area contributed by atoms with E-state index in [0.29, 0.717) is 24.5 Å². The molecule has 1 aromatic heterocycles. The smallest absolute Gasteiger partial charge is 0.399 e. The summed E-state index contributed by atoms with van der Waals surface area (Å²) in [5.41, 5.74) is 0.356. The van der Waals surface area contributed by atoms with Crippen LogP contribution in [0.4, 0.5) is 5.82 Å². The van der Waals surface area contributed by atoms with Gasteiger partial charge in [0, 0.05) is 24.7 Å². The van der Waals surface area contributed by atoms with Crippen molar-refractivity contribution in [3.05, 3.63) is 17.8 Å². The number of nitriles is 1. The van der Waals surface area contributed by atoms with Crippen LogP contribution in [-0.4, -0.2) is 47.6 Å². The lowest BCUT2D eigenvalue weighted by atomic mass is 9.79. The molecule has 0 saturated carbocycles. The number of hydrogen-bond acceptors (Lipinski definition) is 6. The molecule has 0 unspecified atom stereocenters. The van der Waals surface area contributed by atoms with Crippen molar-refractivity contribution in [2.45, 2.75) is 45.0 Å². The molecule has 6 nitrogen and oxygen atoms in total. The van der Waals surface area contributed by atoms with Gasteiger partial charge in [0.15, 0.2) is 0 Å². The predicted octanol–water partition coefficient (Wildman–Crippen LogP) is 0.433. The summed E-state index contributed by atoms with van der Waals surface area (Å²) in [4.78, 5) is 6.26. The van der Waals surface area contributed by atoms with Crippen LogP contribution in [0.1, 0.15) is 33.3 Å². The summed E-state index contributed by atoms with van der Waals surface area (Å²) in [6.45, 7) is 8.97. The van der Waals surface area contributed by atoms with Crippen LogP contribution in [-0.2, 0) is 9.31 Å². The van der Waals surface area contributed by atoms with Gasteiger partial charge in [-0.25, -0.2) is 4.98 Å². The van der Waals surface area contributed by atoms with Gasteiger partial charge in [0.2, 0.25) is 0 Å². The minimum absolute atomic E-state index is 0.337. The average molecular weight is 301 g/mol. The Morgan fingerprint density at radius 3 is 2.41 bits per heavy atom. The fraction of sp³-hybridized carbons (Fsp3) is 0.600. The van der Waals surface area contributed by atoms with Crippen molar-refractivity contribution < 1.29 is 14.4 Å². The van der Waals surface area contributed by atoms with Crippen molar-refractivity contribution in [1.29, 1.82) is 5.26 Å². The first kappa shape index (κ1) is 15.3. The highest BCUT2D eigenvalue weighted by Gasteiger charge is 2.52. The summed E-state index contributed by atoms with van der Waals surface area (Å²) in [6.07, 6.45) is 1.35. The molecule has 116 valence electrons. The van der Waals surface area contributed by atoms with Gasteiger partial charge >= 0.3 is 7.12 Å². The van der Waals surface area contributed by atoms with E-state index >= 15 is 0 Å². The van der Waals surface area contributed by atoms with E-state index in [1.54, 1.807) is 12.3 Å². The quantitative estimate of drug-likeness (QED) is 0.798. The summed E-state index contributed by atoms with van der Waals surface area (Å²) >= 11 is 0. The van der Waals surface area contributed by atoms with Crippen molar-refractivity contribution in [1.82, 2.24) is 4.98 Å². The number of anilines is 1. The Labute approximate surface area is 130 Å². The molecule has 2 saturated heterocycles. The first-order valence-electron chi connectivity index (χ1n) is 7.42. The minimum Gasteiger partial charge on any atom is -0.399 e. The molecule has 3 heterocycles. The van der Waals surface area contributed by atoms with E-state index < -0.39 is 18.3 Å². The highest BCUT2D eigenvalue weighted by Crippen LogP contribution is 2.36. The maximum Gasteiger partial charge on any atom is 0.496 e. The molecular weight excluding hydrogens is 281 g/mol. The molecule has 7 heteroatoms. The summed E-state index contributed by atoms with van der Waals surface area (Å²) in [5.74, 6) is 0.605. The lowest BCUT2D eigenvalue weighted by Crippen LogP contribution is -2.51. The lowest BCUT2D eigenvalue weighted by Gasteiger charge is -2.37. The molecule has 0 spiro atoms. The van der Waals surface area contributed by atoms with Gasteiger partial charge in [-0.3, -0.25) is 0 Å². The van der Waals surface area contributed by atoms with Crippen LogP contribution in [0.25, 0.3) is 0 Å². The molecule has 2 fully saturated rings. The summed E-state index contributed by atoms with van der Waals surface area (Å²) in [7, 11) is -0.527. The van der Waals surface area contributed by atoms with E-state index in [1.165, 1.54) is 0 Å². The Bertz CT molecular complexity index is 619. The molecule has 2 aliphatic heterocycles. The number of rotatable bonds is 2. The Hall–Kier alpha value is -1.62. The zero-order valence-corrected chi connectivity index (χ0v) is 13.3. The van der Waals surface area contributed by atoms with Gasteiger partial charge in [0.05, 0.1) is 22.9 Å². The molecule has 1 aromatic rings. The standard InChI is InChI=1S/C15H20BN3O3/c1-14(2)15(3,4)22-16(21-14)11-5-10(6-17)13(18-7-11)19-8-12(20)9-19/h5,7,12,20H,8-9H2,1-4H3. The highest BCUT2D eigenvalue weighted by atomic mass is 16.7. The number of aromatic nitrogens is 1. The maximum absolute atomic E-state index is 9.39. The van der Waals surface area contributed by atoms with E-state index in [1.807, 2.05) is 32.6 Å². The van der Waals surface area contributed by atoms with E-state index in [0.717, 1.165) is 5.46 Å². The second kappa shape index (κ2) is 4.95. The number of hydrogen-bond donors (Lipinski definition) is 1. The van der Waals surface area contributed by atoms with E-state index in [9.17, 15) is 10.4 Å². The third kappa shape index (κ3) is 2.37. The van der Waals surface area contributed by atoms with Gasteiger partial charge < -0.3 is 19.3 Å². The Kier molecular flexibility index (Phi) is 3.44. The molecule has 0 aromatic carbocycles. The van der Waals surface area contributed by atoms with Gasteiger partial charge in [-0.05, 0) is 33.8 Å². The van der Waals surface area contributed by atoms with Gasteiger partial charge in [-0.15, -0.1) is 0 Å². The summed E-state index contributed by atoms with van der Waals surface area (Å²) < 4.78 is 12.0. The zero-order chi connectivity index (χ0) is 16.1. The third-order valence-corrected chi connectivity index (χ3v) is 4.70. The van der Waals surface area contributed by atoms with E-state index in [2.05, 4.69) is 11.1 Å². The second-order valence-corrected chi connectivity index (χ2v) is 6.90. The SMILES string of the molecule is CC1(C)OB(c2cnc(N3CC(O)C3)c(C#N)c2)OC1(C)C. The minimum atomic E-state index is -0.527. The van der Waals surface area contributed by atoms with E-state index in [4.69, 9.17) is 9.31 Å². The summed E-state index contributed by atoms with van der Waals surface area (Å²) in [5, 5.41) is 18.8. The first-order valence-corrected chi connectivity index (χ1v) is 7.42. The van der Waals surface area contributed by atoms with E-state index in [-0.39, 0.29) is 6.10 Å². The van der Waals surface area contributed by atoms with Crippen molar-refractivity contribution >= 4 is 18.4 Å². The number of aliphatic hydroxyl groups is 1. The summed E-state index contributed by atoms with van der Waals surface area (Å²) in [6, 6.07) is 3.93. The Morgan fingerprint density at radius 2 is 1.91 bits per heavy atom. The number of β-amino-alcohol motifs (C(OH)–C–C–N with tert-alkyl or cyclic N) is 1. The molecule has 22 heavy (non-hydrogen) atoms. The third-order valence-electron chi connectivity index (χ3n) is 4.70. The number of aliphatic hydroxyl groups excluding tert-OH is 1. The highest BCUT2D eigenvalue weighted by molar-refractivity contribution is 6.62. The topological polar surface area (TPSA) is 78.6 Å². The molecule has 0 atom stereocenters. The molecule has 0 aliphatic carbocycles. The number of pyridine rings is 1. The monoisotopic (exact) mass is 301 g/mol. The van der Waals surface area contributed by atoms with Gasteiger partial charge in [0.1, 0.15) is 11.9 Å². The van der Waals surface area contributed by atoms with Crippen LogP contribution in [0.2, 0.25) is 0 Å². The van der Waals surface area contributed by atoms with Crippen molar-refractivity contribution in [2.24, 2.45) is 0 Å². The normalized spacial score (nSPS) is 23.3. The molecular formula is C15H20BN3O3. The molecule has 3 rings (SSSR count). The average Bonchev–Trinajstić information content (AvgIpc) is 2.63. The van der Waals surface area contributed by atoms with Crippen LogP contribution in [0, 0.1) is 11.3 Å².